The predicted octanol–water partition coefficient (Wildman–Crippen LogP) is 4.77. The second kappa shape index (κ2) is 6.55. The zero-order chi connectivity index (χ0) is 20.2. The van der Waals surface area contributed by atoms with Crippen LogP contribution in [0.1, 0.15) is 40.8 Å². The van der Waals surface area contributed by atoms with Crippen LogP contribution in [0.3, 0.4) is 0 Å². The maximum atomic E-state index is 13.1. The van der Waals surface area contributed by atoms with E-state index in [4.69, 9.17) is 0 Å². The zero-order valence-corrected chi connectivity index (χ0v) is 15.8. The fraction of sp³-hybridized carbons (Fsp3) is 0.250. The average molecular weight is 416 g/mol. The highest BCUT2D eigenvalue weighted by molar-refractivity contribution is 7.10. The lowest BCUT2D eigenvalue weighted by molar-refractivity contribution is -0.137. The Labute approximate surface area is 167 Å². The van der Waals surface area contributed by atoms with E-state index in [0.717, 1.165) is 22.7 Å². The minimum absolute atomic E-state index is 0.0248. The third kappa shape index (κ3) is 3.05. The fourth-order valence-corrected chi connectivity index (χ4v) is 4.87. The lowest BCUT2D eigenvalue weighted by Crippen LogP contribution is -2.33. The van der Waals surface area contributed by atoms with Gasteiger partial charge in [-0.15, -0.1) is 11.3 Å². The maximum Gasteiger partial charge on any atom is 0.416 e. The van der Waals surface area contributed by atoms with Gasteiger partial charge in [0, 0.05) is 28.5 Å². The van der Waals surface area contributed by atoms with Crippen LogP contribution in [0.2, 0.25) is 0 Å². The maximum absolute atomic E-state index is 13.1. The van der Waals surface area contributed by atoms with Crippen molar-refractivity contribution in [2.24, 2.45) is 0 Å². The molecule has 1 aliphatic heterocycles. The molecule has 1 N–H and O–H groups in total. The van der Waals surface area contributed by atoms with Gasteiger partial charge in [-0.1, -0.05) is 18.2 Å². The van der Waals surface area contributed by atoms with Crippen LogP contribution in [0.25, 0.3) is 0 Å². The van der Waals surface area contributed by atoms with E-state index in [1.165, 1.54) is 18.5 Å². The standard InChI is InChI=1S/C20H15F3N4OS/c21-20(22,23)13-5-3-11(4-6-13)18-17-14(26-19-24-10-25-27(18)19)8-12(9-15(17)28)16-2-1-7-29-16/h1-7,10,12,18H,8-9H2,(H,24,25,26). The number of hydrogen-bond acceptors (Lipinski definition) is 5. The first kappa shape index (κ1) is 18.1. The molecule has 9 heteroatoms. The summed E-state index contributed by atoms with van der Waals surface area (Å²) in [6.07, 6.45) is -2.03. The number of Topliss-reactive ketones (excluding diaryl/α,β-unsaturated/α-hetero) is 1. The Morgan fingerprint density at radius 2 is 1.93 bits per heavy atom. The van der Waals surface area contributed by atoms with Crippen LogP contribution in [-0.4, -0.2) is 20.5 Å². The molecule has 5 nitrogen and oxygen atoms in total. The Hall–Kier alpha value is -2.94. The summed E-state index contributed by atoms with van der Waals surface area (Å²) in [5.74, 6) is 0.535. The number of allylic oxidation sites excluding steroid dienone is 2. The molecule has 0 fully saturated rings. The van der Waals surface area contributed by atoms with Crippen LogP contribution in [0, 0.1) is 0 Å². The Bertz CT molecular complexity index is 1100. The monoisotopic (exact) mass is 416 g/mol. The van der Waals surface area contributed by atoms with Crippen LogP contribution < -0.4 is 5.32 Å². The van der Waals surface area contributed by atoms with Crippen molar-refractivity contribution in [3.63, 3.8) is 0 Å². The van der Waals surface area contributed by atoms with Gasteiger partial charge >= 0.3 is 6.18 Å². The highest BCUT2D eigenvalue weighted by Gasteiger charge is 2.40. The number of carbonyl (C=O) groups is 1. The number of rotatable bonds is 2. The number of ketones is 1. The SMILES string of the molecule is O=C1CC(c2cccs2)CC2=C1C(c1ccc(C(F)(F)F)cc1)n1ncnc1N2. The van der Waals surface area contributed by atoms with E-state index in [9.17, 15) is 18.0 Å². The second-order valence-electron chi connectivity index (χ2n) is 7.11. The molecular weight excluding hydrogens is 401 g/mol. The Morgan fingerprint density at radius 3 is 2.62 bits per heavy atom. The van der Waals surface area contributed by atoms with Crippen LogP contribution >= 0.6 is 11.3 Å². The number of benzene rings is 1. The molecule has 1 aromatic carbocycles. The Balaban J connectivity index is 1.58. The molecule has 2 atom stereocenters. The Morgan fingerprint density at radius 1 is 1.14 bits per heavy atom. The van der Waals surface area contributed by atoms with Crippen molar-refractivity contribution in [2.75, 3.05) is 5.32 Å². The molecule has 2 unspecified atom stereocenters. The largest absolute Gasteiger partial charge is 0.416 e. The fourth-order valence-electron chi connectivity index (χ4n) is 4.04. The number of carbonyl (C=O) groups excluding carboxylic acids is 1. The van der Waals surface area contributed by atoms with Gasteiger partial charge < -0.3 is 5.32 Å². The molecule has 5 rings (SSSR count). The first-order valence-electron chi connectivity index (χ1n) is 9.05. The van der Waals surface area contributed by atoms with Crippen molar-refractivity contribution in [2.45, 2.75) is 31.0 Å². The molecule has 0 spiro atoms. The molecule has 2 aromatic heterocycles. The van der Waals surface area contributed by atoms with Gasteiger partial charge in [0.2, 0.25) is 5.95 Å². The summed E-state index contributed by atoms with van der Waals surface area (Å²) in [5, 5.41) is 9.41. The van der Waals surface area contributed by atoms with E-state index >= 15 is 0 Å². The summed E-state index contributed by atoms with van der Waals surface area (Å²) in [6, 6.07) is 8.28. The van der Waals surface area contributed by atoms with Crippen LogP contribution in [0.4, 0.5) is 19.1 Å². The van der Waals surface area contributed by atoms with E-state index in [-0.39, 0.29) is 11.7 Å². The van der Waals surface area contributed by atoms with Crippen molar-refractivity contribution >= 4 is 23.1 Å². The summed E-state index contributed by atoms with van der Waals surface area (Å²) in [6.45, 7) is 0. The topological polar surface area (TPSA) is 59.8 Å². The number of hydrogen-bond donors (Lipinski definition) is 1. The first-order chi connectivity index (χ1) is 13.9. The summed E-state index contributed by atoms with van der Waals surface area (Å²) in [4.78, 5) is 18.5. The molecule has 3 heterocycles. The van der Waals surface area contributed by atoms with E-state index in [2.05, 4.69) is 15.4 Å². The molecule has 148 valence electrons. The molecule has 0 saturated heterocycles. The summed E-state index contributed by atoms with van der Waals surface area (Å²) in [5.41, 5.74) is 1.17. The van der Waals surface area contributed by atoms with Crippen molar-refractivity contribution in [3.05, 3.63) is 75.4 Å². The summed E-state index contributed by atoms with van der Waals surface area (Å²) >= 11 is 1.62. The van der Waals surface area contributed by atoms with E-state index in [0.29, 0.717) is 29.9 Å². The second-order valence-corrected chi connectivity index (χ2v) is 8.09. The molecule has 2 aliphatic rings. The lowest BCUT2D eigenvalue weighted by Gasteiger charge is -2.34. The highest BCUT2D eigenvalue weighted by atomic mass is 32.1. The van der Waals surface area contributed by atoms with Crippen molar-refractivity contribution in [1.82, 2.24) is 14.8 Å². The van der Waals surface area contributed by atoms with E-state index < -0.39 is 17.8 Å². The molecule has 0 radical (unpaired) electrons. The van der Waals surface area contributed by atoms with Crippen molar-refractivity contribution < 1.29 is 18.0 Å². The average Bonchev–Trinajstić information content (AvgIpc) is 3.37. The van der Waals surface area contributed by atoms with Gasteiger partial charge in [0.25, 0.3) is 0 Å². The number of anilines is 1. The van der Waals surface area contributed by atoms with Gasteiger partial charge in [0.05, 0.1) is 5.56 Å². The number of thiophene rings is 1. The summed E-state index contributed by atoms with van der Waals surface area (Å²) in [7, 11) is 0. The normalized spacial score (nSPS) is 21.6. The predicted molar refractivity (Wildman–Crippen MR) is 102 cm³/mol. The molecule has 0 amide bonds. The minimum atomic E-state index is -4.41. The van der Waals surface area contributed by atoms with E-state index in [1.54, 1.807) is 16.0 Å². The molecular formula is C20H15F3N4OS. The van der Waals surface area contributed by atoms with Crippen LogP contribution in [-0.2, 0) is 11.0 Å². The number of nitrogens with zero attached hydrogens (tertiary/aromatic N) is 3. The molecule has 0 bridgehead atoms. The zero-order valence-electron chi connectivity index (χ0n) is 15.0. The van der Waals surface area contributed by atoms with Crippen molar-refractivity contribution in [1.29, 1.82) is 0 Å². The van der Waals surface area contributed by atoms with Gasteiger partial charge in [-0.3, -0.25) is 4.79 Å². The van der Waals surface area contributed by atoms with Gasteiger partial charge in [-0.25, -0.2) is 4.68 Å². The number of fused-ring (bicyclic) bond motifs is 1. The van der Waals surface area contributed by atoms with Crippen molar-refractivity contribution in [3.8, 4) is 0 Å². The van der Waals surface area contributed by atoms with Gasteiger partial charge in [-0.2, -0.15) is 23.3 Å². The van der Waals surface area contributed by atoms with Crippen LogP contribution in [0.15, 0.2) is 59.4 Å². The number of aromatic nitrogens is 3. The Kier molecular flexibility index (Phi) is 4.09. The molecule has 3 aromatic rings. The minimum Gasteiger partial charge on any atom is -0.328 e. The quantitative estimate of drug-likeness (QED) is 0.654. The van der Waals surface area contributed by atoms with E-state index in [1.807, 2.05) is 17.5 Å². The highest BCUT2D eigenvalue weighted by Crippen LogP contribution is 2.44. The lowest BCUT2D eigenvalue weighted by atomic mass is 9.80. The smallest absolute Gasteiger partial charge is 0.328 e. The summed E-state index contributed by atoms with van der Waals surface area (Å²) < 4.78 is 40.4. The molecule has 1 aliphatic carbocycles. The number of nitrogens with one attached hydrogen (secondary N) is 1. The van der Waals surface area contributed by atoms with Gasteiger partial charge in [-0.05, 0) is 35.6 Å². The third-order valence-electron chi connectivity index (χ3n) is 5.36. The number of alkyl halides is 3. The van der Waals surface area contributed by atoms with Crippen LogP contribution in [0.5, 0.6) is 0 Å². The third-order valence-corrected chi connectivity index (χ3v) is 6.40. The molecule has 29 heavy (non-hydrogen) atoms. The van der Waals surface area contributed by atoms with Gasteiger partial charge in [0.15, 0.2) is 5.78 Å². The van der Waals surface area contributed by atoms with Gasteiger partial charge in [0.1, 0.15) is 12.4 Å². The first-order valence-corrected chi connectivity index (χ1v) is 9.93. The molecule has 0 saturated carbocycles. The number of halogens is 3.